The molecule has 2 aromatic carbocycles. The van der Waals surface area contributed by atoms with Crippen LogP contribution in [-0.4, -0.2) is 21.0 Å². The molecule has 2 N–H and O–H groups in total. The molecule has 0 aliphatic heterocycles. The quantitative estimate of drug-likeness (QED) is 0.618. The van der Waals surface area contributed by atoms with Gasteiger partial charge in [0, 0.05) is 11.5 Å². The van der Waals surface area contributed by atoms with E-state index in [1.54, 1.807) is 6.20 Å². The van der Waals surface area contributed by atoms with E-state index in [1.165, 1.54) is 19.3 Å². The van der Waals surface area contributed by atoms with Crippen molar-refractivity contribution >= 4 is 11.7 Å². The molecular formula is C25H27N3O2. The van der Waals surface area contributed by atoms with Crippen molar-refractivity contribution in [2.45, 2.75) is 51.0 Å². The van der Waals surface area contributed by atoms with Crippen molar-refractivity contribution in [1.29, 1.82) is 0 Å². The molecule has 5 heteroatoms. The minimum atomic E-state index is -0.0763. The van der Waals surface area contributed by atoms with Gasteiger partial charge >= 0.3 is 0 Å². The first-order valence-electron chi connectivity index (χ1n) is 10.6. The van der Waals surface area contributed by atoms with Gasteiger partial charge in [-0.15, -0.1) is 0 Å². The number of anilines is 1. The Balaban J connectivity index is 1.60. The zero-order valence-electron chi connectivity index (χ0n) is 17.1. The van der Waals surface area contributed by atoms with E-state index in [9.17, 15) is 9.90 Å². The molecule has 0 atom stereocenters. The van der Waals surface area contributed by atoms with Gasteiger partial charge in [0.2, 0.25) is 5.91 Å². The molecular weight excluding hydrogens is 374 g/mol. The summed E-state index contributed by atoms with van der Waals surface area (Å²) in [6.07, 6.45) is 7.79. The van der Waals surface area contributed by atoms with Crippen LogP contribution in [0.5, 0.6) is 0 Å². The Kier molecular flexibility index (Phi) is 6.50. The minimum absolute atomic E-state index is 0.0195. The smallest absolute Gasteiger partial charge is 0.229 e. The van der Waals surface area contributed by atoms with Gasteiger partial charge in [0.15, 0.2) is 5.82 Å². The summed E-state index contributed by atoms with van der Waals surface area (Å²) in [4.78, 5) is 22.2. The fourth-order valence-corrected chi connectivity index (χ4v) is 4.04. The van der Waals surface area contributed by atoms with E-state index >= 15 is 0 Å². The molecule has 0 unspecified atom stereocenters. The van der Waals surface area contributed by atoms with Crippen molar-refractivity contribution in [2.24, 2.45) is 0 Å². The molecule has 5 nitrogen and oxygen atoms in total. The predicted octanol–water partition coefficient (Wildman–Crippen LogP) is 4.86. The lowest BCUT2D eigenvalue weighted by Crippen LogP contribution is -2.19. The maximum absolute atomic E-state index is 12.6. The lowest BCUT2D eigenvalue weighted by Gasteiger charge is -2.23. The number of nitrogens with zero attached hydrogens (tertiary/aromatic N) is 2. The Labute approximate surface area is 177 Å². The fourth-order valence-electron chi connectivity index (χ4n) is 4.04. The summed E-state index contributed by atoms with van der Waals surface area (Å²) in [5, 5.41) is 12.3. The zero-order valence-corrected chi connectivity index (χ0v) is 17.1. The first-order chi connectivity index (χ1) is 14.7. The van der Waals surface area contributed by atoms with Crippen molar-refractivity contribution in [3.8, 4) is 11.3 Å². The molecule has 4 rings (SSSR count). The Morgan fingerprint density at radius 3 is 2.40 bits per heavy atom. The fraction of sp³-hybridized carbons (Fsp3) is 0.320. The highest BCUT2D eigenvalue weighted by Crippen LogP contribution is 2.35. The topological polar surface area (TPSA) is 75.1 Å². The van der Waals surface area contributed by atoms with Crippen molar-refractivity contribution in [3.05, 3.63) is 77.6 Å². The van der Waals surface area contributed by atoms with Crippen LogP contribution in [0.25, 0.3) is 11.3 Å². The summed E-state index contributed by atoms with van der Waals surface area (Å²) in [5.74, 6) is 0.820. The monoisotopic (exact) mass is 401 g/mol. The minimum Gasteiger partial charge on any atom is -0.392 e. The first kappa shape index (κ1) is 20.2. The Morgan fingerprint density at radius 1 is 0.967 bits per heavy atom. The number of rotatable bonds is 6. The summed E-state index contributed by atoms with van der Waals surface area (Å²) in [6.45, 7) is 0.0195. The number of carbonyl (C=O) groups is 1. The van der Waals surface area contributed by atoms with Crippen molar-refractivity contribution in [2.75, 3.05) is 5.32 Å². The standard InChI is InChI=1S/C25H27N3O2/c29-17-19-11-13-20(14-12-19)22-16-26-25(24(27-22)21-9-5-2-6-10-21)28-23(30)15-18-7-3-1-4-8-18/h1,3-4,7-8,11-14,16,21,29H,2,5-6,9-10,15,17H2,(H,26,28,30). The Bertz CT molecular complexity index is 981. The van der Waals surface area contributed by atoms with E-state index in [1.807, 2.05) is 54.6 Å². The summed E-state index contributed by atoms with van der Waals surface area (Å²) < 4.78 is 0. The first-order valence-corrected chi connectivity index (χ1v) is 10.6. The molecule has 154 valence electrons. The molecule has 1 aromatic heterocycles. The maximum atomic E-state index is 12.6. The van der Waals surface area contributed by atoms with Gasteiger partial charge in [-0.2, -0.15) is 0 Å². The lowest BCUT2D eigenvalue weighted by molar-refractivity contribution is -0.115. The number of aliphatic hydroxyl groups excluding tert-OH is 1. The highest BCUT2D eigenvalue weighted by Gasteiger charge is 2.23. The van der Waals surface area contributed by atoms with Gasteiger partial charge < -0.3 is 10.4 Å². The molecule has 0 radical (unpaired) electrons. The number of hydrogen-bond acceptors (Lipinski definition) is 4. The van der Waals surface area contributed by atoms with Gasteiger partial charge in [-0.3, -0.25) is 4.79 Å². The van der Waals surface area contributed by atoms with Gasteiger partial charge in [-0.05, 0) is 24.0 Å². The lowest BCUT2D eigenvalue weighted by atomic mass is 9.86. The predicted molar refractivity (Wildman–Crippen MR) is 118 cm³/mol. The Morgan fingerprint density at radius 2 is 1.70 bits per heavy atom. The van der Waals surface area contributed by atoms with Crippen LogP contribution >= 0.6 is 0 Å². The van der Waals surface area contributed by atoms with Crippen molar-refractivity contribution in [1.82, 2.24) is 9.97 Å². The number of benzene rings is 2. The number of nitrogens with one attached hydrogen (secondary N) is 1. The summed E-state index contributed by atoms with van der Waals surface area (Å²) in [7, 11) is 0. The second kappa shape index (κ2) is 9.63. The molecule has 1 aliphatic rings. The van der Waals surface area contributed by atoms with Crippen LogP contribution in [0, 0.1) is 0 Å². The third-order valence-electron chi connectivity index (χ3n) is 5.69. The molecule has 30 heavy (non-hydrogen) atoms. The van der Waals surface area contributed by atoms with Crippen LogP contribution in [0.1, 0.15) is 54.8 Å². The average Bonchev–Trinajstić information content (AvgIpc) is 2.80. The summed E-state index contributed by atoms with van der Waals surface area (Å²) >= 11 is 0. The second-order valence-corrected chi connectivity index (χ2v) is 7.89. The largest absolute Gasteiger partial charge is 0.392 e. The van der Waals surface area contributed by atoms with Crippen LogP contribution in [0.15, 0.2) is 60.8 Å². The average molecular weight is 402 g/mol. The van der Waals surface area contributed by atoms with Gasteiger partial charge in [-0.1, -0.05) is 73.9 Å². The van der Waals surface area contributed by atoms with E-state index in [0.29, 0.717) is 18.2 Å². The highest BCUT2D eigenvalue weighted by molar-refractivity contribution is 5.92. The van der Waals surface area contributed by atoms with Crippen LogP contribution in [0.3, 0.4) is 0 Å². The molecule has 3 aromatic rings. The Hall–Kier alpha value is -3.05. The highest BCUT2D eigenvalue weighted by atomic mass is 16.3. The van der Waals surface area contributed by atoms with Gasteiger partial charge in [0.05, 0.1) is 30.6 Å². The number of hydrogen-bond donors (Lipinski definition) is 2. The van der Waals surface area contributed by atoms with Crippen LogP contribution in [0.2, 0.25) is 0 Å². The van der Waals surface area contributed by atoms with Crippen LogP contribution in [-0.2, 0) is 17.8 Å². The van der Waals surface area contributed by atoms with Gasteiger partial charge in [0.1, 0.15) is 0 Å². The number of carbonyl (C=O) groups excluding carboxylic acids is 1. The van der Waals surface area contributed by atoms with Crippen LogP contribution in [0.4, 0.5) is 5.82 Å². The van der Waals surface area contributed by atoms with Crippen molar-refractivity contribution < 1.29 is 9.90 Å². The van der Waals surface area contributed by atoms with E-state index < -0.39 is 0 Å². The van der Waals surface area contributed by atoms with E-state index in [-0.39, 0.29) is 12.5 Å². The number of aromatic nitrogens is 2. The molecule has 1 saturated carbocycles. The van der Waals surface area contributed by atoms with E-state index in [4.69, 9.17) is 4.98 Å². The molecule has 0 bridgehead atoms. The third-order valence-corrected chi connectivity index (χ3v) is 5.69. The molecule has 1 fully saturated rings. The summed E-state index contributed by atoms with van der Waals surface area (Å²) in [6, 6.07) is 17.4. The second-order valence-electron chi connectivity index (χ2n) is 7.89. The SMILES string of the molecule is O=C(Cc1ccccc1)Nc1ncc(-c2ccc(CO)cc2)nc1C1CCCCC1. The summed E-state index contributed by atoms with van der Waals surface area (Å²) in [5.41, 5.74) is 4.48. The third kappa shape index (κ3) is 4.92. The molecule has 1 heterocycles. The van der Waals surface area contributed by atoms with Gasteiger partial charge in [0.25, 0.3) is 0 Å². The molecule has 0 spiro atoms. The van der Waals surface area contributed by atoms with Crippen LogP contribution < -0.4 is 5.32 Å². The van der Waals surface area contributed by atoms with Crippen molar-refractivity contribution in [3.63, 3.8) is 0 Å². The molecule has 0 saturated heterocycles. The maximum Gasteiger partial charge on any atom is 0.229 e. The zero-order chi connectivity index (χ0) is 20.8. The normalized spacial score (nSPS) is 14.4. The molecule has 1 aliphatic carbocycles. The van der Waals surface area contributed by atoms with Gasteiger partial charge in [-0.25, -0.2) is 9.97 Å². The van der Waals surface area contributed by atoms with E-state index in [0.717, 1.165) is 40.9 Å². The number of amides is 1. The van der Waals surface area contributed by atoms with E-state index in [2.05, 4.69) is 10.3 Å². The molecule has 1 amide bonds. The number of aliphatic hydroxyl groups is 1.